The van der Waals surface area contributed by atoms with Crippen molar-refractivity contribution in [3.05, 3.63) is 51.4 Å². The lowest BCUT2D eigenvalue weighted by atomic mass is 10.00. The highest BCUT2D eigenvalue weighted by Gasteiger charge is 2.34. The number of nitrogens with zero attached hydrogens (tertiary/aromatic N) is 1. The van der Waals surface area contributed by atoms with Gasteiger partial charge >= 0.3 is 10.2 Å². The zero-order valence-electron chi connectivity index (χ0n) is 15.2. The summed E-state index contributed by atoms with van der Waals surface area (Å²) in [6.07, 6.45) is 0.217. The Kier molecular flexibility index (Phi) is 6.67. The first kappa shape index (κ1) is 22.5. The van der Waals surface area contributed by atoms with Gasteiger partial charge < -0.3 is 10.1 Å². The van der Waals surface area contributed by atoms with Crippen molar-refractivity contribution in [2.75, 3.05) is 23.1 Å². The minimum atomic E-state index is -4.32. The van der Waals surface area contributed by atoms with Gasteiger partial charge in [-0.2, -0.15) is 12.7 Å². The number of hydrogen-bond acceptors (Lipinski definition) is 5. The second-order valence-corrected chi connectivity index (χ2v) is 9.37. The Hall–Kier alpha value is -2.19. The lowest BCUT2D eigenvalue weighted by Gasteiger charge is -2.29. The Bertz CT molecular complexity index is 1110. The van der Waals surface area contributed by atoms with Crippen LogP contribution in [0.4, 0.5) is 30.2 Å². The summed E-state index contributed by atoms with van der Waals surface area (Å²) < 4.78 is 71.3. The molecule has 1 heterocycles. The molecule has 1 aliphatic heterocycles. The molecule has 2 N–H and O–H groups in total. The predicted molar refractivity (Wildman–Crippen MR) is 112 cm³/mol. The van der Waals surface area contributed by atoms with Crippen molar-refractivity contribution in [2.24, 2.45) is 5.92 Å². The van der Waals surface area contributed by atoms with Crippen LogP contribution in [0.25, 0.3) is 0 Å². The molecule has 0 aliphatic carbocycles. The van der Waals surface area contributed by atoms with Crippen molar-refractivity contribution >= 4 is 61.9 Å². The van der Waals surface area contributed by atoms with Gasteiger partial charge in [-0.15, -0.1) is 0 Å². The van der Waals surface area contributed by atoms with Crippen LogP contribution in [0.15, 0.2) is 30.3 Å². The molecule has 2 aromatic carbocycles. The highest BCUT2D eigenvalue weighted by molar-refractivity contribution is 14.1. The summed E-state index contributed by atoms with van der Waals surface area (Å²) >= 11 is 1.87. The van der Waals surface area contributed by atoms with Gasteiger partial charge in [0.2, 0.25) is 0 Å². The Morgan fingerprint density at radius 3 is 2.47 bits per heavy atom. The molecule has 1 saturated heterocycles. The van der Waals surface area contributed by atoms with Gasteiger partial charge in [-0.3, -0.25) is 9.52 Å². The quantitative estimate of drug-likeness (QED) is 0.326. The predicted octanol–water partition coefficient (Wildman–Crippen LogP) is 3.20. The summed E-state index contributed by atoms with van der Waals surface area (Å²) in [5.74, 6) is -4.90. The summed E-state index contributed by atoms with van der Waals surface area (Å²) in [5, 5.41) is 2.38. The van der Waals surface area contributed by atoms with E-state index in [-0.39, 0.29) is 36.7 Å². The van der Waals surface area contributed by atoms with Crippen molar-refractivity contribution in [2.45, 2.75) is 6.42 Å². The third-order valence-corrected chi connectivity index (χ3v) is 6.61. The largest absolute Gasteiger partial charge is 0.349 e. The fraction of sp³-hybridized carbons (Fsp3) is 0.222. The maximum atomic E-state index is 14.4. The number of ketones is 1. The molecule has 1 fully saturated rings. The van der Waals surface area contributed by atoms with E-state index in [1.807, 2.05) is 22.6 Å². The van der Waals surface area contributed by atoms with Gasteiger partial charge in [0, 0.05) is 23.1 Å². The van der Waals surface area contributed by atoms with E-state index in [0.29, 0.717) is 9.86 Å². The molecule has 3 rings (SSSR count). The van der Waals surface area contributed by atoms with Crippen molar-refractivity contribution in [1.82, 2.24) is 4.31 Å². The van der Waals surface area contributed by atoms with Gasteiger partial charge in [-0.05, 0) is 52.9 Å². The average Bonchev–Trinajstić information content (AvgIpc) is 2.69. The van der Waals surface area contributed by atoms with E-state index in [9.17, 15) is 31.2 Å². The highest BCUT2D eigenvalue weighted by Crippen LogP contribution is 2.33. The summed E-state index contributed by atoms with van der Waals surface area (Å²) in [7, 11) is -4.32. The van der Waals surface area contributed by atoms with Crippen LogP contribution >= 0.6 is 22.6 Å². The molecular formula is C18H15F3IN3O4S. The number of hydrogen-bond donors (Lipinski definition) is 2. The zero-order chi connectivity index (χ0) is 22.1. The third-order valence-electron chi connectivity index (χ3n) is 4.45. The molecule has 0 spiro atoms. The number of anilines is 3. The standard InChI is InChI=1S/C18H15F3IN3O4S/c19-12-2-4-15(18(17(12)21)23-14-3-1-11(22)7-13(14)20)24-30(28,29)25-6-5-16(27)10(8-25)9-26/h1-4,7,9-10,23-24H,5-6,8H2. The molecule has 1 atom stereocenters. The van der Waals surface area contributed by atoms with Crippen molar-refractivity contribution < 1.29 is 31.2 Å². The Morgan fingerprint density at radius 1 is 1.10 bits per heavy atom. The van der Waals surface area contributed by atoms with Crippen molar-refractivity contribution in [1.29, 1.82) is 0 Å². The molecule has 0 radical (unpaired) electrons. The van der Waals surface area contributed by atoms with Crippen LogP contribution in [0.5, 0.6) is 0 Å². The van der Waals surface area contributed by atoms with Gasteiger partial charge in [0.05, 0.1) is 17.3 Å². The summed E-state index contributed by atoms with van der Waals surface area (Å²) in [6.45, 7) is -0.535. The monoisotopic (exact) mass is 553 g/mol. The molecule has 1 aliphatic rings. The highest BCUT2D eigenvalue weighted by atomic mass is 127. The fourth-order valence-corrected chi connectivity index (χ4v) is 4.58. The second kappa shape index (κ2) is 8.89. The van der Waals surface area contributed by atoms with Crippen LogP contribution in [-0.4, -0.2) is 37.9 Å². The van der Waals surface area contributed by atoms with Crippen molar-refractivity contribution in [3.63, 3.8) is 0 Å². The van der Waals surface area contributed by atoms with Gasteiger partial charge in [0.1, 0.15) is 23.6 Å². The topological polar surface area (TPSA) is 95.6 Å². The minimum absolute atomic E-state index is 0.152. The van der Waals surface area contributed by atoms with Gasteiger partial charge in [0.25, 0.3) is 0 Å². The van der Waals surface area contributed by atoms with E-state index in [4.69, 9.17) is 0 Å². The number of Topliss-reactive ketones (excluding diaryl/α,β-unsaturated/α-hetero) is 1. The molecule has 0 bridgehead atoms. The lowest BCUT2D eigenvalue weighted by molar-refractivity contribution is -0.129. The molecule has 2 aromatic rings. The van der Waals surface area contributed by atoms with E-state index < -0.39 is 39.3 Å². The van der Waals surface area contributed by atoms with E-state index >= 15 is 0 Å². The molecule has 1 unspecified atom stereocenters. The smallest absolute Gasteiger partial charge is 0.301 e. The van der Waals surface area contributed by atoms with Crippen LogP contribution in [0.2, 0.25) is 0 Å². The molecule has 12 heteroatoms. The number of piperidine rings is 1. The maximum absolute atomic E-state index is 14.4. The van der Waals surface area contributed by atoms with Gasteiger partial charge in [-0.1, -0.05) is 0 Å². The fourth-order valence-electron chi connectivity index (χ4n) is 2.86. The number of carbonyl (C=O) groups is 2. The molecule has 0 amide bonds. The van der Waals surface area contributed by atoms with E-state index in [1.54, 1.807) is 0 Å². The first-order valence-electron chi connectivity index (χ1n) is 8.58. The number of nitrogens with one attached hydrogen (secondary N) is 2. The Morgan fingerprint density at radius 2 is 1.80 bits per heavy atom. The normalized spacial score (nSPS) is 17.6. The number of aldehydes is 1. The van der Waals surface area contributed by atoms with E-state index in [2.05, 4.69) is 10.0 Å². The van der Waals surface area contributed by atoms with Crippen LogP contribution < -0.4 is 10.0 Å². The second-order valence-electron chi connectivity index (χ2n) is 6.46. The Labute approximate surface area is 184 Å². The van der Waals surface area contributed by atoms with Crippen LogP contribution in [0.3, 0.4) is 0 Å². The van der Waals surface area contributed by atoms with Gasteiger partial charge in [0.15, 0.2) is 11.6 Å². The zero-order valence-corrected chi connectivity index (χ0v) is 18.1. The SMILES string of the molecule is O=CC1CN(S(=O)(=O)Nc2ccc(F)c(F)c2Nc2ccc(I)cc2F)CCC1=O. The van der Waals surface area contributed by atoms with Crippen LogP contribution in [0, 0.1) is 26.9 Å². The van der Waals surface area contributed by atoms with E-state index in [1.165, 1.54) is 12.1 Å². The molecule has 30 heavy (non-hydrogen) atoms. The first-order chi connectivity index (χ1) is 14.1. The van der Waals surface area contributed by atoms with Crippen LogP contribution in [-0.2, 0) is 19.8 Å². The molecule has 7 nitrogen and oxygen atoms in total. The number of carbonyl (C=O) groups excluding carboxylic acids is 2. The third kappa shape index (κ3) is 4.75. The van der Waals surface area contributed by atoms with Crippen molar-refractivity contribution in [3.8, 4) is 0 Å². The van der Waals surface area contributed by atoms with E-state index in [0.717, 1.165) is 22.5 Å². The number of halogens is 4. The molecule has 0 saturated carbocycles. The average molecular weight is 553 g/mol. The maximum Gasteiger partial charge on any atom is 0.301 e. The summed E-state index contributed by atoms with van der Waals surface area (Å²) in [5.41, 5.74) is -1.17. The van der Waals surface area contributed by atoms with Crippen LogP contribution in [0.1, 0.15) is 6.42 Å². The minimum Gasteiger partial charge on any atom is -0.349 e. The number of benzene rings is 2. The molecular weight excluding hydrogens is 538 g/mol. The molecule has 0 aromatic heterocycles. The number of rotatable bonds is 6. The summed E-state index contributed by atoms with van der Waals surface area (Å²) in [4.78, 5) is 22.6. The summed E-state index contributed by atoms with van der Waals surface area (Å²) in [6, 6.07) is 5.68. The van der Waals surface area contributed by atoms with Gasteiger partial charge in [-0.25, -0.2) is 13.2 Å². The first-order valence-corrected chi connectivity index (χ1v) is 11.1. The Balaban J connectivity index is 1.93. The lowest BCUT2D eigenvalue weighted by Crippen LogP contribution is -2.46. The molecule has 160 valence electrons.